The van der Waals surface area contributed by atoms with Gasteiger partial charge in [-0.1, -0.05) is 71.9 Å². The van der Waals surface area contributed by atoms with Gasteiger partial charge in [0, 0.05) is 24.1 Å². The van der Waals surface area contributed by atoms with Gasteiger partial charge in [-0.15, -0.1) is 21.5 Å². The molecule has 2 aromatic carbocycles. The number of thioether (sulfide) groups is 1. The summed E-state index contributed by atoms with van der Waals surface area (Å²) in [7, 11) is 0. The molecule has 5 nitrogen and oxygen atoms in total. The molecule has 0 fully saturated rings. The Balaban J connectivity index is 1.32. The lowest BCUT2D eigenvalue weighted by molar-refractivity contribution is -0.120. The van der Waals surface area contributed by atoms with Crippen molar-refractivity contribution in [3.63, 3.8) is 0 Å². The first kappa shape index (κ1) is 19.7. The number of nitrogens with zero attached hydrogens (tertiary/aromatic N) is 3. The average molecular weight is 423 g/mol. The van der Waals surface area contributed by atoms with Crippen molar-refractivity contribution in [1.82, 2.24) is 19.9 Å². The zero-order valence-electron chi connectivity index (χ0n) is 16.2. The second-order valence-electron chi connectivity index (χ2n) is 6.77. The van der Waals surface area contributed by atoms with Crippen molar-refractivity contribution < 1.29 is 4.79 Å². The van der Waals surface area contributed by atoms with Gasteiger partial charge in [0.2, 0.25) is 10.9 Å². The fourth-order valence-electron chi connectivity index (χ4n) is 3.03. The van der Waals surface area contributed by atoms with E-state index in [1.807, 2.05) is 18.2 Å². The van der Waals surface area contributed by atoms with Crippen LogP contribution in [0.15, 0.2) is 65.1 Å². The number of amides is 1. The summed E-state index contributed by atoms with van der Waals surface area (Å²) in [6.07, 6.45) is 1.30. The Morgan fingerprint density at radius 2 is 1.90 bits per heavy atom. The van der Waals surface area contributed by atoms with E-state index in [4.69, 9.17) is 0 Å². The maximum absolute atomic E-state index is 12.1. The number of carbonyl (C=O) groups is 1. The van der Waals surface area contributed by atoms with Gasteiger partial charge in [0.25, 0.3) is 0 Å². The largest absolute Gasteiger partial charge is 0.356 e. The fourth-order valence-corrected chi connectivity index (χ4v) is 4.81. The van der Waals surface area contributed by atoms with Crippen LogP contribution in [-0.2, 0) is 11.2 Å². The third kappa shape index (κ3) is 4.86. The van der Waals surface area contributed by atoms with E-state index in [0.29, 0.717) is 18.7 Å². The van der Waals surface area contributed by atoms with E-state index >= 15 is 0 Å². The minimum Gasteiger partial charge on any atom is -0.356 e. The molecule has 7 heteroatoms. The minimum absolute atomic E-state index is 0.0678. The number of aromatic nitrogens is 3. The van der Waals surface area contributed by atoms with Crippen LogP contribution in [0.2, 0.25) is 0 Å². The topological polar surface area (TPSA) is 59.3 Å². The molecule has 4 rings (SSSR count). The molecule has 0 unspecified atom stereocenters. The molecule has 1 N–H and O–H groups in total. The van der Waals surface area contributed by atoms with Gasteiger partial charge in [0.05, 0.1) is 5.69 Å². The molecule has 2 aromatic heterocycles. The summed E-state index contributed by atoms with van der Waals surface area (Å²) in [5.74, 6) is 0.736. The number of aryl methyl sites for hydroxylation is 1. The zero-order valence-corrected chi connectivity index (χ0v) is 17.8. The van der Waals surface area contributed by atoms with E-state index in [-0.39, 0.29) is 5.91 Å². The van der Waals surface area contributed by atoms with Crippen LogP contribution in [0.5, 0.6) is 0 Å². The number of hydrogen-bond donors (Lipinski definition) is 1. The molecule has 2 heterocycles. The molecule has 0 bridgehead atoms. The Morgan fingerprint density at radius 3 is 2.69 bits per heavy atom. The highest BCUT2D eigenvalue weighted by molar-refractivity contribution is 7.99. The second kappa shape index (κ2) is 9.24. The van der Waals surface area contributed by atoms with Crippen molar-refractivity contribution in [2.75, 3.05) is 12.3 Å². The number of fused-ring (bicyclic) bond motifs is 1. The van der Waals surface area contributed by atoms with E-state index < -0.39 is 0 Å². The van der Waals surface area contributed by atoms with Crippen LogP contribution in [0.25, 0.3) is 16.2 Å². The normalized spacial score (nSPS) is 11.1. The average Bonchev–Trinajstić information content (AvgIpc) is 3.33. The molecule has 29 heavy (non-hydrogen) atoms. The van der Waals surface area contributed by atoms with Gasteiger partial charge in [-0.3, -0.25) is 9.20 Å². The Bertz CT molecular complexity index is 1090. The lowest BCUT2D eigenvalue weighted by Crippen LogP contribution is -2.25. The van der Waals surface area contributed by atoms with Gasteiger partial charge < -0.3 is 5.32 Å². The first-order valence-corrected chi connectivity index (χ1v) is 11.4. The van der Waals surface area contributed by atoms with Crippen LogP contribution in [0.3, 0.4) is 0 Å². The first-order chi connectivity index (χ1) is 14.2. The van der Waals surface area contributed by atoms with Crippen molar-refractivity contribution in [2.24, 2.45) is 0 Å². The zero-order chi connectivity index (χ0) is 20.1. The van der Waals surface area contributed by atoms with Crippen molar-refractivity contribution in [3.8, 4) is 11.3 Å². The Morgan fingerprint density at radius 1 is 1.10 bits per heavy atom. The van der Waals surface area contributed by atoms with Gasteiger partial charge in [0.1, 0.15) is 0 Å². The molecular weight excluding hydrogens is 400 g/mol. The van der Waals surface area contributed by atoms with Crippen molar-refractivity contribution in [2.45, 2.75) is 24.9 Å². The molecule has 0 atom stereocenters. The number of rotatable bonds is 8. The van der Waals surface area contributed by atoms with Crippen LogP contribution in [-0.4, -0.2) is 32.8 Å². The maximum Gasteiger partial charge on any atom is 0.220 e. The van der Waals surface area contributed by atoms with Gasteiger partial charge in [-0.25, -0.2) is 0 Å². The summed E-state index contributed by atoms with van der Waals surface area (Å²) in [4.78, 5) is 13.0. The first-order valence-electron chi connectivity index (χ1n) is 9.54. The molecular formula is C22H22N4OS2. The highest BCUT2D eigenvalue weighted by Gasteiger charge is 2.14. The summed E-state index contributed by atoms with van der Waals surface area (Å²) in [5, 5.41) is 14.5. The highest BCUT2D eigenvalue weighted by Crippen LogP contribution is 2.30. The third-order valence-corrected chi connectivity index (χ3v) is 6.35. The molecule has 148 valence electrons. The van der Waals surface area contributed by atoms with Crippen molar-refractivity contribution in [3.05, 3.63) is 71.1 Å². The van der Waals surface area contributed by atoms with E-state index in [0.717, 1.165) is 27.8 Å². The molecule has 4 aromatic rings. The molecule has 0 radical (unpaired) electrons. The van der Waals surface area contributed by atoms with Crippen LogP contribution < -0.4 is 5.32 Å². The van der Waals surface area contributed by atoms with Crippen molar-refractivity contribution >= 4 is 34.0 Å². The summed E-state index contributed by atoms with van der Waals surface area (Å²) < 4.78 is 2.08. The number of carbonyl (C=O) groups excluding carboxylic acids is 1. The monoisotopic (exact) mass is 422 g/mol. The molecule has 0 saturated heterocycles. The van der Waals surface area contributed by atoms with Gasteiger partial charge in [0.15, 0.2) is 5.16 Å². The van der Waals surface area contributed by atoms with Crippen molar-refractivity contribution in [1.29, 1.82) is 0 Å². The van der Waals surface area contributed by atoms with Gasteiger partial charge in [-0.2, -0.15) is 0 Å². The summed E-state index contributed by atoms with van der Waals surface area (Å²) in [6, 6.07) is 18.6. The molecule has 0 aliphatic rings. The Kier molecular flexibility index (Phi) is 6.27. The SMILES string of the molecule is Cc1ccc(-c2csc3nnc(SCCC(=O)NCCc4ccccc4)n23)cc1. The number of nitrogens with one attached hydrogen (secondary N) is 1. The number of hydrogen-bond acceptors (Lipinski definition) is 5. The summed E-state index contributed by atoms with van der Waals surface area (Å²) in [6.45, 7) is 2.74. The smallest absolute Gasteiger partial charge is 0.220 e. The van der Waals surface area contributed by atoms with Crippen LogP contribution in [0.4, 0.5) is 0 Å². The Hall–Kier alpha value is -2.64. The predicted molar refractivity (Wildman–Crippen MR) is 120 cm³/mol. The van der Waals surface area contributed by atoms with E-state index in [1.54, 1.807) is 23.1 Å². The Labute approximate surface area is 178 Å². The minimum atomic E-state index is 0.0678. The molecule has 0 aliphatic carbocycles. The lowest BCUT2D eigenvalue weighted by atomic mass is 10.1. The molecule has 0 saturated carbocycles. The molecule has 1 amide bonds. The quantitative estimate of drug-likeness (QED) is 0.421. The van der Waals surface area contributed by atoms with Gasteiger partial charge in [-0.05, 0) is 24.5 Å². The molecule has 0 spiro atoms. The highest BCUT2D eigenvalue weighted by atomic mass is 32.2. The van der Waals surface area contributed by atoms with Crippen LogP contribution in [0.1, 0.15) is 17.5 Å². The van der Waals surface area contributed by atoms with Gasteiger partial charge >= 0.3 is 0 Å². The van der Waals surface area contributed by atoms with E-state index in [2.05, 4.69) is 68.6 Å². The second-order valence-corrected chi connectivity index (χ2v) is 8.67. The maximum atomic E-state index is 12.1. The standard InChI is InChI=1S/C22H22N4OS2/c1-16-7-9-18(10-8-16)19-15-29-22-25-24-21(26(19)22)28-14-12-20(27)23-13-11-17-5-3-2-4-6-17/h2-10,15H,11-14H2,1H3,(H,23,27). The number of benzene rings is 2. The lowest BCUT2D eigenvalue weighted by Gasteiger charge is -2.06. The van der Waals surface area contributed by atoms with Crippen LogP contribution in [0, 0.1) is 6.92 Å². The van der Waals surface area contributed by atoms with Crippen LogP contribution >= 0.6 is 23.1 Å². The predicted octanol–water partition coefficient (Wildman–Crippen LogP) is 4.61. The van der Waals surface area contributed by atoms with E-state index in [1.165, 1.54) is 11.1 Å². The third-order valence-electron chi connectivity index (χ3n) is 4.61. The molecule has 0 aliphatic heterocycles. The number of thiazole rings is 1. The van der Waals surface area contributed by atoms with E-state index in [9.17, 15) is 4.79 Å². The summed E-state index contributed by atoms with van der Waals surface area (Å²) >= 11 is 3.15. The summed E-state index contributed by atoms with van der Waals surface area (Å²) in [5.41, 5.74) is 4.69. The fraction of sp³-hybridized carbons (Fsp3) is 0.227.